The van der Waals surface area contributed by atoms with Crippen LogP contribution in [0.1, 0.15) is 23.0 Å². The second-order valence-corrected chi connectivity index (χ2v) is 4.78. The van der Waals surface area contributed by atoms with E-state index in [2.05, 4.69) is 4.98 Å². The number of hydrogen-bond donors (Lipinski definition) is 0. The summed E-state index contributed by atoms with van der Waals surface area (Å²) in [6.07, 6.45) is 1.86. The number of carbonyl (C=O) groups is 1. The van der Waals surface area contributed by atoms with Gasteiger partial charge in [-0.25, -0.2) is 9.78 Å². The van der Waals surface area contributed by atoms with Gasteiger partial charge in [0.25, 0.3) is 0 Å². The number of ether oxygens (including phenoxy) is 1. The molecule has 0 saturated carbocycles. The Hall–Kier alpha value is -2.62. The van der Waals surface area contributed by atoms with Crippen LogP contribution < -0.4 is 0 Å². The SMILES string of the molecule is CCOC(=O)c1ccn2c(C)c(-c3ccccc3)nc2c1. The Labute approximate surface area is 123 Å². The Balaban J connectivity index is 2.10. The standard InChI is InChI=1S/C17H16N2O2/c1-3-21-17(20)14-9-10-19-12(2)16(18-15(19)11-14)13-7-5-4-6-8-13/h4-11H,3H2,1-2H3. The highest BCUT2D eigenvalue weighted by atomic mass is 16.5. The lowest BCUT2D eigenvalue weighted by Crippen LogP contribution is -2.05. The van der Waals surface area contributed by atoms with Gasteiger partial charge in [0.15, 0.2) is 0 Å². The first-order chi connectivity index (χ1) is 10.2. The predicted octanol–water partition coefficient (Wildman–Crippen LogP) is 3.49. The first-order valence-corrected chi connectivity index (χ1v) is 6.92. The Kier molecular flexibility index (Phi) is 3.44. The van der Waals surface area contributed by atoms with Crippen LogP contribution in [-0.2, 0) is 4.74 Å². The fraction of sp³-hybridized carbons (Fsp3) is 0.176. The van der Waals surface area contributed by atoms with Crippen LogP contribution in [-0.4, -0.2) is 22.0 Å². The van der Waals surface area contributed by atoms with Crippen molar-refractivity contribution in [2.24, 2.45) is 0 Å². The molecule has 0 aliphatic carbocycles. The van der Waals surface area contributed by atoms with E-state index in [9.17, 15) is 4.79 Å². The number of aromatic nitrogens is 2. The van der Waals surface area contributed by atoms with Crippen molar-refractivity contribution >= 4 is 11.6 Å². The molecule has 3 aromatic rings. The summed E-state index contributed by atoms with van der Waals surface area (Å²) in [5, 5.41) is 0. The van der Waals surface area contributed by atoms with Crippen LogP contribution >= 0.6 is 0 Å². The number of nitrogens with zero attached hydrogens (tertiary/aromatic N) is 2. The fourth-order valence-electron chi connectivity index (χ4n) is 2.38. The number of esters is 1. The molecule has 0 saturated heterocycles. The number of aryl methyl sites for hydroxylation is 1. The summed E-state index contributed by atoms with van der Waals surface area (Å²) in [5.74, 6) is -0.318. The molecule has 0 amide bonds. The third kappa shape index (κ3) is 2.40. The first-order valence-electron chi connectivity index (χ1n) is 6.92. The molecule has 4 heteroatoms. The van der Waals surface area contributed by atoms with Gasteiger partial charge in [-0.15, -0.1) is 0 Å². The lowest BCUT2D eigenvalue weighted by Gasteiger charge is -2.02. The van der Waals surface area contributed by atoms with Gasteiger partial charge in [0, 0.05) is 17.5 Å². The van der Waals surface area contributed by atoms with Crippen molar-refractivity contribution in [2.45, 2.75) is 13.8 Å². The Morgan fingerprint density at radius 2 is 2.00 bits per heavy atom. The van der Waals surface area contributed by atoms with Crippen LogP contribution in [0, 0.1) is 6.92 Å². The summed E-state index contributed by atoms with van der Waals surface area (Å²) in [4.78, 5) is 16.4. The number of benzene rings is 1. The molecule has 106 valence electrons. The van der Waals surface area contributed by atoms with Crippen molar-refractivity contribution in [3.63, 3.8) is 0 Å². The van der Waals surface area contributed by atoms with Crippen LogP contribution in [0.4, 0.5) is 0 Å². The molecule has 0 N–H and O–H groups in total. The average molecular weight is 280 g/mol. The average Bonchev–Trinajstić information content (AvgIpc) is 2.85. The molecule has 0 aliphatic rings. The Morgan fingerprint density at radius 3 is 2.71 bits per heavy atom. The van der Waals surface area contributed by atoms with E-state index < -0.39 is 0 Å². The molecule has 2 aromatic heterocycles. The zero-order valence-corrected chi connectivity index (χ0v) is 12.0. The molecule has 0 unspecified atom stereocenters. The van der Waals surface area contributed by atoms with E-state index in [4.69, 9.17) is 4.74 Å². The van der Waals surface area contributed by atoms with Crippen molar-refractivity contribution in [1.82, 2.24) is 9.38 Å². The Bertz CT molecular complexity index is 791. The van der Waals surface area contributed by atoms with Crippen LogP contribution in [0.5, 0.6) is 0 Å². The van der Waals surface area contributed by atoms with Gasteiger partial charge >= 0.3 is 5.97 Å². The summed E-state index contributed by atoms with van der Waals surface area (Å²) in [6, 6.07) is 13.5. The zero-order valence-electron chi connectivity index (χ0n) is 12.0. The highest BCUT2D eigenvalue weighted by Crippen LogP contribution is 2.24. The molecule has 0 bridgehead atoms. The Morgan fingerprint density at radius 1 is 1.24 bits per heavy atom. The number of imidazole rings is 1. The molecule has 0 fully saturated rings. The van der Waals surface area contributed by atoms with E-state index in [0.717, 1.165) is 22.6 Å². The predicted molar refractivity (Wildman–Crippen MR) is 81.3 cm³/mol. The second kappa shape index (κ2) is 5.40. The molecule has 3 rings (SSSR count). The van der Waals surface area contributed by atoms with E-state index in [0.29, 0.717) is 12.2 Å². The molecule has 0 spiro atoms. The molecule has 4 nitrogen and oxygen atoms in total. The molecule has 21 heavy (non-hydrogen) atoms. The minimum atomic E-state index is -0.318. The number of fused-ring (bicyclic) bond motifs is 1. The van der Waals surface area contributed by atoms with Crippen molar-refractivity contribution in [1.29, 1.82) is 0 Å². The maximum absolute atomic E-state index is 11.8. The summed E-state index contributed by atoms with van der Waals surface area (Å²) in [6.45, 7) is 4.18. The van der Waals surface area contributed by atoms with Crippen molar-refractivity contribution in [2.75, 3.05) is 6.61 Å². The largest absolute Gasteiger partial charge is 0.462 e. The topological polar surface area (TPSA) is 43.6 Å². The van der Waals surface area contributed by atoms with Gasteiger partial charge in [0.2, 0.25) is 0 Å². The van der Waals surface area contributed by atoms with Crippen LogP contribution in [0.2, 0.25) is 0 Å². The van der Waals surface area contributed by atoms with Gasteiger partial charge in [-0.1, -0.05) is 30.3 Å². The summed E-state index contributed by atoms with van der Waals surface area (Å²) < 4.78 is 7.00. The van der Waals surface area contributed by atoms with Gasteiger partial charge in [0.1, 0.15) is 5.65 Å². The van der Waals surface area contributed by atoms with Crippen LogP contribution in [0.15, 0.2) is 48.7 Å². The quantitative estimate of drug-likeness (QED) is 0.690. The van der Waals surface area contributed by atoms with Crippen molar-refractivity contribution in [3.8, 4) is 11.3 Å². The molecule has 1 aromatic carbocycles. The van der Waals surface area contributed by atoms with Gasteiger partial charge < -0.3 is 9.14 Å². The third-order valence-corrected chi connectivity index (χ3v) is 3.42. The number of rotatable bonds is 3. The number of pyridine rings is 1. The summed E-state index contributed by atoms with van der Waals surface area (Å²) in [7, 11) is 0. The molecule has 0 aliphatic heterocycles. The molecule has 0 radical (unpaired) electrons. The van der Waals surface area contributed by atoms with E-state index in [-0.39, 0.29) is 5.97 Å². The van der Waals surface area contributed by atoms with E-state index >= 15 is 0 Å². The zero-order chi connectivity index (χ0) is 14.8. The molecular weight excluding hydrogens is 264 g/mol. The lowest BCUT2D eigenvalue weighted by atomic mass is 10.1. The molecule has 0 atom stereocenters. The summed E-state index contributed by atoms with van der Waals surface area (Å²) >= 11 is 0. The monoisotopic (exact) mass is 280 g/mol. The van der Waals surface area contributed by atoms with E-state index in [1.165, 1.54) is 0 Å². The van der Waals surface area contributed by atoms with E-state index in [1.807, 2.05) is 47.9 Å². The maximum Gasteiger partial charge on any atom is 0.338 e. The molecule has 2 heterocycles. The molecular formula is C17H16N2O2. The van der Waals surface area contributed by atoms with Gasteiger partial charge in [-0.05, 0) is 26.0 Å². The maximum atomic E-state index is 11.8. The lowest BCUT2D eigenvalue weighted by molar-refractivity contribution is 0.0526. The van der Waals surface area contributed by atoms with E-state index in [1.54, 1.807) is 19.1 Å². The van der Waals surface area contributed by atoms with Crippen LogP contribution in [0.25, 0.3) is 16.9 Å². The normalized spacial score (nSPS) is 10.8. The van der Waals surface area contributed by atoms with Gasteiger partial charge in [0.05, 0.1) is 17.9 Å². The number of hydrogen-bond acceptors (Lipinski definition) is 3. The summed E-state index contributed by atoms with van der Waals surface area (Å²) in [5.41, 5.74) is 4.31. The van der Waals surface area contributed by atoms with Gasteiger partial charge in [-0.3, -0.25) is 0 Å². The van der Waals surface area contributed by atoms with Gasteiger partial charge in [-0.2, -0.15) is 0 Å². The van der Waals surface area contributed by atoms with Crippen molar-refractivity contribution < 1.29 is 9.53 Å². The highest BCUT2D eigenvalue weighted by molar-refractivity contribution is 5.90. The smallest absolute Gasteiger partial charge is 0.338 e. The first kappa shape index (κ1) is 13.4. The minimum absolute atomic E-state index is 0.318. The minimum Gasteiger partial charge on any atom is -0.462 e. The van der Waals surface area contributed by atoms with Crippen molar-refractivity contribution in [3.05, 3.63) is 59.9 Å². The number of carbonyl (C=O) groups excluding carboxylic acids is 1. The highest BCUT2D eigenvalue weighted by Gasteiger charge is 2.13. The second-order valence-electron chi connectivity index (χ2n) is 4.78. The van der Waals surface area contributed by atoms with Crippen LogP contribution in [0.3, 0.4) is 0 Å². The third-order valence-electron chi connectivity index (χ3n) is 3.42. The fourth-order valence-corrected chi connectivity index (χ4v) is 2.38.